The fraction of sp³-hybridized carbons (Fsp3) is 0.722. The molecule has 2 N–H and O–H groups in total. The molecule has 3 fully saturated rings. The molecule has 0 amide bonds. The Balaban J connectivity index is 1.71. The van der Waals surface area contributed by atoms with Gasteiger partial charge in [0, 0.05) is 0 Å². The topological polar surface area (TPSA) is 57.5 Å². The number of aliphatic hydroxyl groups is 2. The molecule has 0 heterocycles. The maximum absolute atomic E-state index is 11.7. The summed E-state index contributed by atoms with van der Waals surface area (Å²) in [7, 11) is 0. The Morgan fingerprint density at radius 1 is 1.24 bits per heavy atom. The highest BCUT2D eigenvalue weighted by Crippen LogP contribution is 2.61. The van der Waals surface area contributed by atoms with Crippen LogP contribution in [0.4, 0.5) is 0 Å². The normalized spacial score (nSPS) is 45.8. The maximum atomic E-state index is 11.7. The van der Waals surface area contributed by atoms with Gasteiger partial charge < -0.3 is 10.2 Å². The van der Waals surface area contributed by atoms with E-state index in [-0.39, 0.29) is 23.7 Å². The van der Waals surface area contributed by atoms with Gasteiger partial charge in [0.1, 0.15) is 5.76 Å². The molecule has 0 aliphatic heterocycles. The molecule has 0 aromatic rings. The Bertz CT molecular complexity index is 559. The van der Waals surface area contributed by atoms with E-state index in [4.69, 9.17) is 0 Å². The molecule has 0 aromatic heterocycles. The monoisotopic (exact) mass is 288 g/mol. The molecule has 4 aliphatic rings. The van der Waals surface area contributed by atoms with Crippen LogP contribution in [0, 0.1) is 23.2 Å². The van der Waals surface area contributed by atoms with Crippen LogP contribution in [0.3, 0.4) is 0 Å². The highest BCUT2D eigenvalue weighted by molar-refractivity contribution is 5.94. The Hall–Kier alpha value is -1.09. The zero-order valence-corrected chi connectivity index (χ0v) is 12.6. The highest BCUT2D eigenvalue weighted by Gasteiger charge is 2.55. The third-order valence-electron chi connectivity index (χ3n) is 6.84. The molecular formula is C18H24O3. The van der Waals surface area contributed by atoms with E-state index in [2.05, 4.69) is 6.92 Å². The standard InChI is InChI=1S/C18H24O3/c1-18-7-6-13-12(14(18)4-5-16(18)21)3-2-10-8-11(19)9-15(20)17(10)13/h8,12-14,16,20-21H,2-7,9H2,1H3/t12-,13-,14-,16-,18-/m0/s1. The summed E-state index contributed by atoms with van der Waals surface area (Å²) in [4.78, 5) is 11.7. The molecule has 0 saturated heterocycles. The van der Waals surface area contributed by atoms with Crippen molar-refractivity contribution in [3.05, 3.63) is 23.0 Å². The van der Waals surface area contributed by atoms with E-state index >= 15 is 0 Å². The molecule has 0 bridgehead atoms. The van der Waals surface area contributed by atoms with E-state index in [1.165, 1.54) is 0 Å². The summed E-state index contributed by atoms with van der Waals surface area (Å²) >= 11 is 0. The first-order chi connectivity index (χ1) is 10.0. The number of rotatable bonds is 0. The molecule has 0 aromatic carbocycles. The highest BCUT2D eigenvalue weighted by atomic mass is 16.3. The molecule has 0 unspecified atom stereocenters. The Morgan fingerprint density at radius 3 is 2.86 bits per heavy atom. The Labute approximate surface area is 125 Å². The molecular weight excluding hydrogens is 264 g/mol. The first kappa shape index (κ1) is 13.6. The minimum absolute atomic E-state index is 0.0432. The van der Waals surface area contributed by atoms with Crippen LogP contribution in [0.15, 0.2) is 23.0 Å². The number of hydrogen-bond acceptors (Lipinski definition) is 3. The number of hydrogen-bond donors (Lipinski definition) is 2. The van der Waals surface area contributed by atoms with Crippen LogP contribution in [0.1, 0.15) is 51.9 Å². The second-order valence-corrected chi connectivity index (χ2v) is 7.73. The van der Waals surface area contributed by atoms with Gasteiger partial charge in [-0.1, -0.05) is 6.92 Å². The lowest BCUT2D eigenvalue weighted by Gasteiger charge is -2.51. The average Bonchev–Trinajstić information content (AvgIpc) is 2.74. The quantitative estimate of drug-likeness (QED) is 0.719. The Morgan fingerprint density at radius 2 is 2.05 bits per heavy atom. The van der Waals surface area contributed by atoms with Crippen LogP contribution in [0.2, 0.25) is 0 Å². The minimum atomic E-state index is -0.157. The number of aliphatic hydroxyl groups excluding tert-OH is 2. The molecule has 4 aliphatic carbocycles. The fourth-order valence-corrected chi connectivity index (χ4v) is 5.77. The number of carbonyl (C=O) groups is 1. The summed E-state index contributed by atoms with van der Waals surface area (Å²) < 4.78 is 0. The third kappa shape index (κ3) is 1.79. The van der Waals surface area contributed by atoms with Gasteiger partial charge in [0.15, 0.2) is 5.78 Å². The summed E-state index contributed by atoms with van der Waals surface area (Å²) in [5.41, 5.74) is 2.25. The van der Waals surface area contributed by atoms with Crippen LogP contribution in [-0.2, 0) is 4.79 Å². The lowest BCUT2D eigenvalue weighted by Crippen LogP contribution is -2.45. The first-order valence-electron chi connectivity index (χ1n) is 8.34. The second-order valence-electron chi connectivity index (χ2n) is 7.73. The predicted molar refractivity (Wildman–Crippen MR) is 79.6 cm³/mol. The van der Waals surface area contributed by atoms with E-state index in [9.17, 15) is 15.0 Å². The van der Waals surface area contributed by atoms with E-state index in [0.29, 0.717) is 23.5 Å². The van der Waals surface area contributed by atoms with Crippen molar-refractivity contribution in [2.24, 2.45) is 23.2 Å². The van der Waals surface area contributed by atoms with Crippen molar-refractivity contribution in [2.45, 2.75) is 58.0 Å². The summed E-state index contributed by atoms with van der Waals surface area (Å²) in [5.74, 6) is 1.92. The van der Waals surface area contributed by atoms with Gasteiger partial charge in [-0.15, -0.1) is 0 Å². The zero-order valence-electron chi connectivity index (χ0n) is 12.6. The fourth-order valence-electron chi connectivity index (χ4n) is 5.77. The van der Waals surface area contributed by atoms with Crippen molar-refractivity contribution >= 4 is 5.78 Å². The predicted octanol–water partition coefficient (Wildman–Crippen LogP) is 3.29. The first-order valence-corrected chi connectivity index (χ1v) is 8.34. The average molecular weight is 288 g/mol. The molecule has 4 rings (SSSR count). The zero-order chi connectivity index (χ0) is 14.8. The van der Waals surface area contributed by atoms with E-state index < -0.39 is 0 Å². The number of fused-ring (bicyclic) bond motifs is 5. The molecule has 3 heteroatoms. The Kier molecular flexibility index (Phi) is 2.88. The second kappa shape index (κ2) is 4.45. The van der Waals surface area contributed by atoms with Crippen LogP contribution in [-0.4, -0.2) is 22.1 Å². The van der Waals surface area contributed by atoms with Gasteiger partial charge >= 0.3 is 0 Å². The van der Waals surface area contributed by atoms with Crippen LogP contribution in [0.25, 0.3) is 0 Å². The molecule has 0 radical (unpaired) electrons. The molecule has 21 heavy (non-hydrogen) atoms. The van der Waals surface area contributed by atoms with Gasteiger partial charge in [-0.3, -0.25) is 4.79 Å². The summed E-state index contributed by atoms with van der Waals surface area (Å²) in [6.45, 7) is 2.26. The SMILES string of the molecule is C[C@]12CC[C@@H]3C4=C(O)CC(=O)C=C4CC[C@@H]3[C@@H]1CC[C@@H]2O. The molecule has 3 saturated carbocycles. The molecule has 3 nitrogen and oxygen atoms in total. The van der Waals surface area contributed by atoms with Crippen molar-refractivity contribution in [1.82, 2.24) is 0 Å². The molecule has 5 atom stereocenters. The smallest absolute Gasteiger partial charge is 0.163 e. The lowest BCUT2D eigenvalue weighted by molar-refractivity contribution is -0.114. The van der Waals surface area contributed by atoms with Crippen LogP contribution >= 0.6 is 0 Å². The largest absolute Gasteiger partial charge is 0.512 e. The maximum Gasteiger partial charge on any atom is 0.163 e. The van der Waals surface area contributed by atoms with E-state index in [0.717, 1.165) is 49.7 Å². The van der Waals surface area contributed by atoms with Gasteiger partial charge in [-0.05, 0) is 78.9 Å². The van der Waals surface area contributed by atoms with Crippen molar-refractivity contribution < 1.29 is 15.0 Å². The van der Waals surface area contributed by atoms with Gasteiger partial charge in [0.2, 0.25) is 0 Å². The van der Waals surface area contributed by atoms with Crippen molar-refractivity contribution in [2.75, 3.05) is 0 Å². The van der Waals surface area contributed by atoms with Crippen LogP contribution in [0.5, 0.6) is 0 Å². The lowest BCUT2D eigenvalue weighted by atomic mass is 9.54. The van der Waals surface area contributed by atoms with E-state index in [1.54, 1.807) is 6.08 Å². The van der Waals surface area contributed by atoms with Crippen molar-refractivity contribution in [3.63, 3.8) is 0 Å². The number of allylic oxidation sites excluding steroid dienone is 4. The molecule has 114 valence electrons. The molecule has 0 spiro atoms. The number of ketones is 1. The summed E-state index contributed by atoms with van der Waals surface area (Å²) in [5, 5.41) is 20.7. The van der Waals surface area contributed by atoms with Gasteiger partial charge in [-0.2, -0.15) is 0 Å². The van der Waals surface area contributed by atoms with E-state index in [1.807, 2.05) is 0 Å². The number of carbonyl (C=O) groups excluding carboxylic acids is 1. The van der Waals surface area contributed by atoms with Crippen molar-refractivity contribution in [1.29, 1.82) is 0 Å². The van der Waals surface area contributed by atoms with Crippen molar-refractivity contribution in [3.8, 4) is 0 Å². The summed E-state index contributed by atoms with van der Waals surface area (Å²) in [6.07, 6.45) is 7.94. The van der Waals surface area contributed by atoms with Gasteiger partial charge in [0.05, 0.1) is 12.5 Å². The van der Waals surface area contributed by atoms with Crippen LogP contribution < -0.4 is 0 Å². The third-order valence-corrected chi connectivity index (χ3v) is 6.84. The van der Waals surface area contributed by atoms with Gasteiger partial charge in [-0.25, -0.2) is 0 Å². The summed E-state index contributed by atoms with van der Waals surface area (Å²) in [6, 6.07) is 0. The van der Waals surface area contributed by atoms with Gasteiger partial charge in [0.25, 0.3) is 0 Å². The minimum Gasteiger partial charge on any atom is -0.512 e.